The molecular formula is C9H8Br6N4O. The van der Waals surface area contributed by atoms with Crippen molar-refractivity contribution in [2.24, 2.45) is 0 Å². The van der Waals surface area contributed by atoms with Gasteiger partial charge in [-0.25, -0.2) is 4.98 Å². The lowest BCUT2D eigenvalue weighted by atomic mass is 10.4. The molecule has 0 atom stereocenters. The summed E-state index contributed by atoms with van der Waals surface area (Å²) in [6, 6.07) is 0. The van der Waals surface area contributed by atoms with Crippen LogP contribution in [-0.2, 0) is 9.02 Å². The van der Waals surface area contributed by atoms with Gasteiger partial charge in [-0.3, -0.25) is 0 Å². The molecule has 1 aliphatic rings. The van der Waals surface area contributed by atoms with Gasteiger partial charge in [0, 0.05) is 13.1 Å². The minimum absolute atomic E-state index is 0.520. The van der Waals surface area contributed by atoms with E-state index in [0.717, 1.165) is 13.1 Å². The summed E-state index contributed by atoms with van der Waals surface area (Å²) in [6.45, 7) is 2.84. The van der Waals surface area contributed by atoms with Crippen LogP contribution in [0.15, 0.2) is 0 Å². The molecular weight excluding hydrogens is 660 g/mol. The van der Waals surface area contributed by atoms with Gasteiger partial charge >= 0.3 is 0 Å². The van der Waals surface area contributed by atoms with Crippen LogP contribution >= 0.6 is 95.6 Å². The van der Waals surface area contributed by atoms with E-state index in [1.54, 1.807) is 0 Å². The van der Waals surface area contributed by atoms with Crippen LogP contribution in [0.3, 0.4) is 0 Å². The first kappa shape index (κ1) is 18.0. The number of halogens is 6. The smallest absolute Gasteiger partial charge is 0.229 e. The molecule has 0 bridgehead atoms. The van der Waals surface area contributed by atoms with E-state index < -0.39 is 4.29 Å². The van der Waals surface area contributed by atoms with Crippen molar-refractivity contribution in [2.75, 3.05) is 31.2 Å². The van der Waals surface area contributed by atoms with E-state index in [1.165, 1.54) is 0 Å². The van der Waals surface area contributed by atoms with Gasteiger partial charge in [0.2, 0.25) is 5.95 Å². The molecule has 0 aromatic carbocycles. The fourth-order valence-corrected chi connectivity index (χ4v) is 2.59. The minimum atomic E-state index is -0.704. The number of alkyl halides is 6. The van der Waals surface area contributed by atoms with E-state index in [9.17, 15) is 0 Å². The van der Waals surface area contributed by atoms with Gasteiger partial charge in [-0.15, -0.1) is 0 Å². The number of nitrogens with zero attached hydrogens (tertiary/aromatic N) is 4. The van der Waals surface area contributed by atoms with Gasteiger partial charge in [0.25, 0.3) is 0 Å². The van der Waals surface area contributed by atoms with Crippen molar-refractivity contribution in [1.29, 1.82) is 0 Å². The van der Waals surface area contributed by atoms with Crippen LogP contribution in [0, 0.1) is 0 Å². The Labute approximate surface area is 166 Å². The van der Waals surface area contributed by atoms with Gasteiger partial charge < -0.3 is 9.64 Å². The summed E-state index contributed by atoms with van der Waals surface area (Å²) < 4.78 is 3.94. The zero-order valence-electron chi connectivity index (χ0n) is 9.79. The Morgan fingerprint density at radius 1 is 0.800 bits per heavy atom. The Hall–Kier alpha value is 1.65. The Balaban J connectivity index is 2.45. The van der Waals surface area contributed by atoms with Crippen molar-refractivity contribution in [1.82, 2.24) is 15.0 Å². The van der Waals surface area contributed by atoms with E-state index in [-0.39, 0.29) is 0 Å². The number of anilines is 1. The van der Waals surface area contributed by atoms with Crippen molar-refractivity contribution >= 4 is 102 Å². The third kappa shape index (κ3) is 4.82. The van der Waals surface area contributed by atoms with Crippen molar-refractivity contribution in [3.8, 4) is 0 Å². The first-order valence-electron chi connectivity index (χ1n) is 5.41. The first-order valence-corrected chi connectivity index (χ1v) is 10.2. The molecule has 2 heterocycles. The first-order chi connectivity index (χ1) is 9.18. The lowest BCUT2D eigenvalue weighted by molar-refractivity contribution is 0.122. The summed E-state index contributed by atoms with van der Waals surface area (Å²) >= 11 is 20.6. The Bertz CT molecular complexity index is 450. The topological polar surface area (TPSA) is 51.1 Å². The maximum absolute atomic E-state index is 5.35. The number of hydrogen-bond donors (Lipinski definition) is 0. The maximum Gasteiger partial charge on any atom is 0.229 e. The lowest BCUT2D eigenvalue weighted by Crippen LogP contribution is -2.38. The Kier molecular flexibility index (Phi) is 6.34. The summed E-state index contributed by atoms with van der Waals surface area (Å²) in [6.07, 6.45) is 0. The summed E-state index contributed by atoms with van der Waals surface area (Å²) in [7, 11) is 0. The van der Waals surface area contributed by atoms with Crippen molar-refractivity contribution in [3.05, 3.63) is 11.6 Å². The number of ether oxygens (including phenoxy) is 1. The number of rotatable bonds is 1. The van der Waals surface area contributed by atoms with Crippen LogP contribution in [0.4, 0.5) is 5.95 Å². The molecule has 0 amide bonds. The van der Waals surface area contributed by atoms with Gasteiger partial charge in [-0.1, -0.05) is 95.6 Å². The van der Waals surface area contributed by atoms with Gasteiger partial charge in [-0.2, -0.15) is 9.97 Å². The quantitative estimate of drug-likeness (QED) is 0.419. The predicted octanol–water partition coefficient (Wildman–Crippen LogP) is 4.30. The van der Waals surface area contributed by atoms with Crippen LogP contribution in [-0.4, -0.2) is 41.3 Å². The van der Waals surface area contributed by atoms with E-state index in [4.69, 9.17) is 4.74 Å². The summed E-state index contributed by atoms with van der Waals surface area (Å²) in [5.74, 6) is 1.65. The maximum atomic E-state index is 5.35. The summed E-state index contributed by atoms with van der Waals surface area (Å²) in [5.41, 5.74) is 0. The molecule has 1 aromatic rings. The Morgan fingerprint density at radius 2 is 1.25 bits per heavy atom. The second kappa shape index (κ2) is 7.04. The highest BCUT2D eigenvalue weighted by Gasteiger charge is 2.32. The van der Waals surface area contributed by atoms with Gasteiger partial charge in [-0.05, 0) is 0 Å². The second-order valence-corrected chi connectivity index (χ2v) is 17.4. The fourth-order valence-electron chi connectivity index (χ4n) is 1.52. The predicted molar refractivity (Wildman–Crippen MR) is 99.8 cm³/mol. The molecule has 0 aliphatic carbocycles. The summed E-state index contributed by atoms with van der Waals surface area (Å²) in [4.78, 5) is 15.4. The van der Waals surface area contributed by atoms with Crippen LogP contribution in [0.1, 0.15) is 11.6 Å². The van der Waals surface area contributed by atoms with Gasteiger partial charge in [0.1, 0.15) is 0 Å². The molecule has 1 saturated heterocycles. The van der Waals surface area contributed by atoms with E-state index in [0.29, 0.717) is 30.8 Å². The molecule has 0 spiro atoms. The highest BCUT2D eigenvalue weighted by molar-refractivity contribution is 9.39. The average Bonchev–Trinajstić information content (AvgIpc) is 2.37. The molecule has 5 nitrogen and oxygen atoms in total. The monoisotopic (exact) mass is 662 g/mol. The number of morpholine rings is 1. The summed E-state index contributed by atoms with van der Waals surface area (Å²) in [5, 5.41) is 0. The molecule has 20 heavy (non-hydrogen) atoms. The van der Waals surface area contributed by atoms with E-state index in [1.807, 2.05) is 0 Å². The van der Waals surface area contributed by atoms with E-state index in [2.05, 4.69) is 115 Å². The zero-order valence-corrected chi connectivity index (χ0v) is 19.3. The van der Waals surface area contributed by atoms with Crippen molar-refractivity contribution in [2.45, 2.75) is 4.29 Å². The third-order valence-electron chi connectivity index (χ3n) is 2.42. The van der Waals surface area contributed by atoms with Crippen LogP contribution in [0.25, 0.3) is 0 Å². The molecule has 2 rings (SSSR count). The van der Waals surface area contributed by atoms with Gasteiger partial charge in [0.15, 0.2) is 15.9 Å². The molecule has 0 saturated carbocycles. The molecule has 0 unspecified atom stereocenters. The van der Waals surface area contributed by atoms with E-state index >= 15 is 0 Å². The standard InChI is InChI=1S/C9H8Br6N4O/c10-8(11,12)5-16-6(9(13,14)15)18-7(17-5)19-1-3-20-4-2-19/h1-4H2. The van der Waals surface area contributed by atoms with Crippen LogP contribution in [0.2, 0.25) is 0 Å². The normalized spacial score (nSPS) is 17.4. The van der Waals surface area contributed by atoms with Crippen LogP contribution < -0.4 is 4.90 Å². The van der Waals surface area contributed by atoms with Crippen LogP contribution in [0.5, 0.6) is 0 Å². The molecule has 112 valence electrons. The molecule has 0 N–H and O–H groups in total. The largest absolute Gasteiger partial charge is 0.378 e. The number of hydrogen-bond acceptors (Lipinski definition) is 5. The minimum Gasteiger partial charge on any atom is -0.378 e. The molecule has 0 radical (unpaired) electrons. The SMILES string of the molecule is BrC(Br)(Br)c1nc(N2CCOCC2)nc(C(Br)(Br)Br)n1. The zero-order chi connectivity index (χ0) is 15.0. The second-order valence-electron chi connectivity index (χ2n) is 3.88. The van der Waals surface area contributed by atoms with Crippen molar-refractivity contribution in [3.63, 3.8) is 0 Å². The fraction of sp³-hybridized carbons (Fsp3) is 0.667. The highest BCUT2D eigenvalue weighted by Crippen LogP contribution is 2.46. The number of aromatic nitrogens is 3. The highest BCUT2D eigenvalue weighted by atomic mass is 80.0. The van der Waals surface area contributed by atoms with Gasteiger partial charge in [0.05, 0.1) is 13.2 Å². The molecule has 1 fully saturated rings. The molecule has 1 aliphatic heterocycles. The Morgan fingerprint density at radius 3 is 1.65 bits per heavy atom. The molecule has 1 aromatic heterocycles. The third-order valence-corrected chi connectivity index (χ3v) is 4.55. The average molecular weight is 668 g/mol. The molecule has 11 heteroatoms. The van der Waals surface area contributed by atoms with Crippen molar-refractivity contribution < 1.29 is 4.74 Å². The lowest BCUT2D eigenvalue weighted by Gasteiger charge is -2.28.